The van der Waals surface area contributed by atoms with Gasteiger partial charge in [-0.1, -0.05) is 12.1 Å². The van der Waals surface area contributed by atoms with E-state index in [1.165, 1.54) is 0 Å². The van der Waals surface area contributed by atoms with E-state index < -0.39 is 5.97 Å². The van der Waals surface area contributed by atoms with Gasteiger partial charge in [0.2, 0.25) is 0 Å². The third-order valence-corrected chi connectivity index (χ3v) is 4.28. The number of rotatable bonds is 10. The number of nitrogens with one attached hydrogen (secondary N) is 1. The molecule has 0 atom stereocenters. The van der Waals surface area contributed by atoms with Crippen LogP contribution in [0.5, 0.6) is 5.75 Å². The Morgan fingerprint density at radius 2 is 1.74 bits per heavy atom. The number of para-hydroxylation sites is 1. The second kappa shape index (κ2) is 10.9. The molecule has 0 aliphatic carbocycles. The zero-order valence-corrected chi connectivity index (χ0v) is 17.5. The number of esters is 1. The van der Waals surface area contributed by atoms with Crippen LogP contribution in [0.15, 0.2) is 60.8 Å². The van der Waals surface area contributed by atoms with Gasteiger partial charge in [0.15, 0.2) is 5.69 Å². The lowest BCUT2D eigenvalue weighted by molar-refractivity contribution is 0.0519. The van der Waals surface area contributed by atoms with Gasteiger partial charge in [-0.2, -0.15) is 5.10 Å². The van der Waals surface area contributed by atoms with Crippen molar-refractivity contribution in [3.05, 3.63) is 72.1 Å². The molecule has 3 rings (SSSR count). The van der Waals surface area contributed by atoms with E-state index in [4.69, 9.17) is 14.2 Å². The summed E-state index contributed by atoms with van der Waals surface area (Å²) in [5, 5.41) is 7.08. The van der Waals surface area contributed by atoms with Gasteiger partial charge in [0.1, 0.15) is 12.4 Å². The van der Waals surface area contributed by atoms with Crippen LogP contribution in [-0.2, 0) is 9.47 Å². The standard InChI is InChI=1S/C23H25N3O5/c1-3-29-15-16-31-21-8-6-5-7-19(21)22(27)24-17-9-11-18(12-10-17)26-14-13-20(25-26)23(28)30-4-2/h5-14H,3-4,15-16H2,1-2H3,(H,24,27). The summed E-state index contributed by atoms with van der Waals surface area (Å²) < 4.78 is 17.5. The van der Waals surface area contributed by atoms with Crippen LogP contribution >= 0.6 is 0 Å². The van der Waals surface area contributed by atoms with Gasteiger partial charge < -0.3 is 19.5 Å². The van der Waals surface area contributed by atoms with Gasteiger partial charge in [-0.3, -0.25) is 4.79 Å². The monoisotopic (exact) mass is 423 g/mol. The van der Waals surface area contributed by atoms with Gasteiger partial charge in [0, 0.05) is 18.5 Å². The molecule has 8 nitrogen and oxygen atoms in total. The summed E-state index contributed by atoms with van der Waals surface area (Å²) in [5.41, 5.74) is 2.04. The SMILES string of the molecule is CCOCCOc1ccccc1C(=O)Nc1ccc(-n2ccc(C(=O)OCC)n2)cc1. The zero-order valence-electron chi connectivity index (χ0n) is 17.5. The molecule has 1 heterocycles. The number of carbonyl (C=O) groups is 2. The highest BCUT2D eigenvalue weighted by molar-refractivity contribution is 6.06. The molecular weight excluding hydrogens is 398 g/mol. The quantitative estimate of drug-likeness (QED) is 0.395. The number of hydrogen-bond acceptors (Lipinski definition) is 6. The first-order chi connectivity index (χ1) is 15.1. The average molecular weight is 423 g/mol. The van der Waals surface area contributed by atoms with Crippen molar-refractivity contribution >= 4 is 17.6 Å². The maximum Gasteiger partial charge on any atom is 0.358 e. The smallest absolute Gasteiger partial charge is 0.358 e. The normalized spacial score (nSPS) is 10.5. The minimum atomic E-state index is -0.465. The second-order valence-electron chi connectivity index (χ2n) is 6.41. The Morgan fingerprint density at radius 1 is 0.968 bits per heavy atom. The van der Waals surface area contributed by atoms with E-state index in [1.807, 2.05) is 13.0 Å². The van der Waals surface area contributed by atoms with Crippen molar-refractivity contribution in [2.24, 2.45) is 0 Å². The molecule has 8 heteroatoms. The van der Waals surface area contributed by atoms with Gasteiger partial charge in [-0.25, -0.2) is 9.48 Å². The Hall–Kier alpha value is -3.65. The molecule has 162 valence electrons. The van der Waals surface area contributed by atoms with Crippen LogP contribution < -0.4 is 10.1 Å². The predicted octanol–water partition coefficient (Wildman–Crippen LogP) is 3.72. The Kier molecular flexibility index (Phi) is 7.78. The van der Waals surface area contributed by atoms with Gasteiger partial charge in [-0.05, 0) is 56.3 Å². The fourth-order valence-electron chi connectivity index (χ4n) is 2.81. The van der Waals surface area contributed by atoms with Crippen molar-refractivity contribution in [1.82, 2.24) is 9.78 Å². The van der Waals surface area contributed by atoms with E-state index in [0.717, 1.165) is 5.69 Å². The van der Waals surface area contributed by atoms with Gasteiger partial charge in [-0.15, -0.1) is 0 Å². The fourth-order valence-corrected chi connectivity index (χ4v) is 2.81. The van der Waals surface area contributed by atoms with Gasteiger partial charge in [0.05, 0.1) is 24.5 Å². The van der Waals surface area contributed by atoms with Crippen molar-refractivity contribution in [3.63, 3.8) is 0 Å². The molecular formula is C23H25N3O5. The molecule has 0 saturated heterocycles. The highest BCUT2D eigenvalue weighted by Crippen LogP contribution is 2.20. The molecule has 0 saturated carbocycles. The molecule has 0 aliphatic heterocycles. The van der Waals surface area contributed by atoms with Gasteiger partial charge >= 0.3 is 5.97 Å². The first-order valence-electron chi connectivity index (χ1n) is 10.1. The van der Waals surface area contributed by atoms with Crippen molar-refractivity contribution in [1.29, 1.82) is 0 Å². The lowest BCUT2D eigenvalue weighted by atomic mass is 10.2. The number of aromatic nitrogens is 2. The minimum absolute atomic E-state index is 0.236. The number of hydrogen-bond donors (Lipinski definition) is 1. The molecule has 1 amide bonds. The summed E-state index contributed by atoms with van der Waals surface area (Å²) in [7, 11) is 0. The first-order valence-corrected chi connectivity index (χ1v) is 10.1. The molecule has 0 unspecified atom stereocenters. The van der Waals surface area contributed by atoms with E-state index in [-0.39, 0.29) is 11.6 Å². The number of amides is 1. The maximum absolute atomic E-state index is 12.7. The topological polar surface area (TPSA) is 91.7 Å². The molecule has 0 bridgehead atoms. The summed E-state index contributed by atoms with van der Waals surface area (Å²) >= 11 is 0. The van der Waals surface area contributed by atoms with Gasteiger partial charge in [0.25, 0.3) is 5.91 Å². The van der Waals surface area contributed by atoms with Crippen molar-refractivity contribution < 1.29 is 23.8 Å². The molecule has 0 fully saturated rings. The van der Waals surface area contributed by atoms with Crippen LogP contribution in [0.3, 0.4) is 0 Å². The Morgan fingerprint density at radius 3 is 2.48 bits per heavy atom. The van der Waals surface area contributed by atoms with E-state index in [0.29, 0.717) is 43.4 Å². The number of carbonyl (C=O) groups excluding carboxylic acids is 2. The van der Waals surface area contributed by atoms with E-state index in [2.05, 4.69) is 10.4 Å². The Bertz CT molecular complexity index is 1010. The average Bonchev–Trinajstić information content (AvgIpc) is 3.28. The molecule has 1 aromatic heterocycles. The lowest BCUT2D eigenvalue weighted by Gasteiger charge is -2.12. The van der Waals surface area contributed by atoms with Crippen LogP contribution in [0.2, 0.25) is 0 Å². The van der Waals surface area contributed by atoms with Crippen LogP contribution in [0.1, 0.15) is 34.7 Å². The number of nitrogens with zero attached hydrogens (tertiary/aromatic N) is 2. The lowest BCUT2D eigenvalue weighted by Crippen LogP contribution is -2.15. The molecule has 1 N–H and O–H groups in total. The second-order valence-corrected chi connectivity index (χ2v) is 6.41. The Balaban J connectivity index is 1.65. The highest BCUT2D eigenvalue weighted by atomic mass is 16.5. The largest absolute Gasteiger partial charge is 0.490 e. The predicted molar refractivity (Wildman–Crippen MR) is 116 cm³/mol. The maximum atomic E-state index is 12.7. The third-order valence-electron chi connectivity index (χ3n) is 4.28. The number of ether oxygens (including phenoxy) is 3. The van der Waals surface area contributed by atoms with Crippen molar-refractivity contribution in [2.45, 2.75) is 13.8 Å². The summed E-state index contributed by atoms with van der Waals surface area (Å²) in [6.45, 7) is 5.39. The molecule has 0 radical (unpaired) electrons. The fraction of sp³-hybridized carbons (Fsp3) is 0.261. The van der Waals surface area contributed by atoms with Crippen LogP contribution in [0.4, 0.5) is 5.69 Å². The summed E-state index contributed by atoms with van der Waals surface area (Å²) in [6, 6.07) is 15.8. The molecule has 3 aromatic rings. The first kappa shape index (κ1) is 22.0. The van der Waals surface area contributed by atoms with Crippen molar-refractivity contribution in [2.75, 3.05) is 31.7 Å². The molecule has 2 aromatic carbocycles. The summed E-state index contributed by atoms with van der Waals surface area (Å²) in [5.74, 6) is -0.241. The summed E-state index contributed by atoms with van der Waals surface area (Å²) in [4.78, 5) is 24.5. The van der Waals surface area contributed by atoms with Crippen LogP contribution in [0.25, 0.3) is 5.69 Å². The number of benzene rings is 2. The zero-order chi connectivity index (χ0) is 22.1. The van der Waals surface area contributed by atoms with E-state index in [1.54, 1.807) is 66.3 Å². The van der Waals surface area contributed by atoms with Crippen LogP contribution in [0, 0.1) is 0 Å². The van der Waals surface area contributed by atoms with E-state index in [9.17, 15) is 9.59 Å². The summed E-state index contributed by atoms with van der Waals surface area (Å²) in [6.07, 6.45) is 1.68. The highest BCUT2D eigenvalue weighted by Gasteiger charge is 2.13. The third kappa shape index (κ3) is 5.93. The molecule has 0 spiro atoms. The van der Waals surface area contributed by atoms with E-state index >= 15 is 0 Å². The minimum Gasteiger partial charge on any atom is -0.490 e. The molecule has 31 heavy (non-hydrogen) atoms. The van der Waals surface area contributed by atoms with Crippen molar-refractivity contribution in [3.8, 4) is 11.4 Å². The van der Waals surface area contributed by atoms with Crippen LogP contribution in [-0.4, -0.2) is 48.1 Å². The Labute approximate surface area is 180 Å². The number of anilines is 1. The molecule has 0 aliphatic rings.